The van der Waals surface area contributed by atoms with E-state index in [1.54, 1.807) is 0 Å². The number of nitrogens with one attached hydrogen (secondary N) is 3. The van der Waals surface area contributed by atoms with Crippen molar-refractivity contribution in [2.45, 2.75) is 36.0 Å². The van der Waals surface area contributed by atoms with Gasteiger partial charge in [0.15, 0.2) is 5.66 Å². The number of hydrogen-bond acceptors (Lipinski definition) is 11. The maximum absolute atomic E-state index is 4.06. The monoisotopic (exact) mass is 514 g/mol. The van der Waals surface area contributed by atoms with Crippen LogP contribution in [0.25, 0.3) is 0 Å². The molecule has 0 radical (unpaired) electrons. The molecular formula is C22H42N8S3. The van der Waals surface area contributed by atoms with Gasteiger partial charge in [0, 0.05) is 95.0 Å². The van der Waals surface area contributed by atoms with Crippen LogP contribution in [0, 0.1) is 0 Å². The van der Waals surface area contributed by atoms with Gasteiger partial charge in [-0.1, -0.05) is 18.4 Å². The SMILES string of the molecule is C1CCN(C2(N3CCSCC3)CSN(N3CCNC3)C2(C2NCCS2)N2CCNCC2)CC1. The van der Waals surface area contributed by atoms with E-state index in [0.29, 0.717) is 5.37 Å². The number of thioether (sulfide) groups is 2. The molecule has 0 amide bonds. The summed E-state index contributed by atoms with van der Waals surface area (Å²) in [5, 5.41) is 14.4. The molecule has 188 valence electrons. The Balaban J connectivity index is 1.52. The molecule has 8 nitrogen and oxygen atoms in total. The average molecular weight is 515 g/mol. The van der Waals surface area contributed by atoms with Crippen LogP contribution in [0.4, 0.5) is 0 Å². The lowest BCUT2D eigenvalue weighted by atomic mass is 9.85. The van der Waals surface area contributed by atoms with Crippen LogP contribution in [0.1, 0.15) is 19.3 Å². The molecule has 0 aromatic heterocycles. The molecule has 3 atom stereocenters. The van der Waals surface area contributed by atoms with Crippen molar-refractivity contribution in [3.05, 3.63) is 0 Å². The van der Waals surface area contributed by atoms with Gasteiger partial charge >= 0.3 is 0 Å². The molecule has 0 saturated carbocycles. The molecule has 6 aliphatic rings. The normalized spacial score (nSPS) is 41.3. The number of piperidine rings is 1. The maximum atomic E-state index is 4.06. The van der Waals surface area contributed by atoms with Crippen LogP contribution in [-0.4, -0.2) is 142 Å². The lowest BCUT2D eigenvalue weighted by Crippen LogP contribution is -2.86. The van der Waals surface area contributed by atoms with Crippen LogP contribution in [0.3, 0.4) is 0 Å². The molecule has 6 fully saturated rings. The molecule has 11 heteroatoms. The van der Waals surface area contributed by atoms with Gasteiger partial charge in [0.25, 0.3) is 0 Å². The number of hydrazine groups is 1. The zero-order valence-corrected chi connectivity index (χ0v) is 22.4. The summed E-state index contributed by atoms with van der Waals surface area (Å²) in [7, 11) is 0. The van der Waals surface area contributed by atoms with Crippen molar-refractivity contribution in [3.8, 4) is 0 Å². The fourth-order valence-electron chi connectivity index (χ4n) is 7.04. The van der Waals surface area contributed by atoms with Crippen LogP contribution in [-0.2, 0) is 0 Å². The van der Waals surface area contributed by atoms with Crippen LogP contribution < -0.4 is 16.0 Å². The van der Waals surface area contributed by atoms with Gasteiger partial charge < -0.3 is 16.0 Å². The molecular weight excluding hydrogens is 472 g/mol. The molecule has 6 aliphatic heterocycles. The second kappa shape index (κ2) is 10.6. The van der Waals surface area contributed by atoms with Crippen molar-refractivity contribution < 1.29 is 0 Å². The second-order valence-corrected chi connectivity index (χ2v) is 13.4. The molecule has 33 heavy (non-hydrogen) atoms. The third-order valence-corrected chi connectivity index (χ3v) is 12.0. The molecule has 0 bridgehead atoms. The van der Waals surface area contributed by atoms with Gasteiger partial charge in [0.1, 0.15) is 5.66 Å². The molecule has 6 heterocycles. The Morgan fingerprint density at radius 1 is 0.697 bits per heavy atom. The van der Waals surface area contributed by atoms with Gasteiger partial charge in [-0.25, -0.2) is 5.01 Å². The molecule has 6 rings (SSSR count). The summed E-state index contributed by atoms with van der Waals surface area (Å²) < 4.78 is 2.81. The smallest absolute Gasteiger partial charge is 0.156 e. The van der Waals surface area contributed by atoms with Crippen molar-refractivity contribution >= 4 is 35.5 Å². The largest absolute Gasteiger partial charge is 0.314 e. The van der Waals surface area contributed by atoms with Gasteiger partial charge in [-0.3, -0.25) is 14.7 Å². The zero-order valence-electron chi connectivity index (χ0n) is 20.0. The highest BCUT2D eigenvalue weighted by Gasteiger charge is 2.72. The quantitative estimate of drug-likeness (QED) is 0.442. The molecule has 0 aromatic carbocycles. The third-order valence-electron chi connectivity index (χ3n) is 8.46. The van der Waals surface area contributed by atoms with E-state index in [9.17, 15) is 0 Å². The third kappa shape index (κ3) is 4.02. The number of likely N-dealkylation sites (tertiary alicyclic amines) is 1. The summed E-state index contributed by atoms with van der Waals surface area (Å²) in [6, 6.07) is 0. The van der Waals surface area contributed by atoms with Gasteiger partial charge in [0.2, 0.25) is 0 Å². The van der Waals surface area contributed by atoms with E-state index in [0.717, 1.165) is 52.5 Å². The number of piperazine rings is 1. The van der Waals surface area contributed by atoms with E-state index >= 15 is 0 Å². The lowest BCUT2D eigenvalue weighted by molar-refractivity contribution is -0.224. The summed E-state index contributed by atoms with van der Waals surface area (Å²) in [5.41, 5.74) is -0.0414. The first-order valence-corrected chi connectivity index (χ1v) is 16.3. The van der Waals surface area contributed by atoms with Gasteiger partial charge in [-0.15, -0.1) is 11.8 Å². The minimum absolute atomic E-state index is 0.0357. The molecule has 0 aliphatic carbocycles. The predicted octanol–water partition coefficient (Wildman–Crippen LogP) is 0.223. The molecule has 0 spiro atoms. The summed E-state index contributed by atoms with van der Waals surface area (Å²) in [5.74, 6) is 4.95. The van der Waals surface area contributed by atoms with Gasteiger partial charge in [0.05, 0.1) is 12.0 Å². The zero-order chi connectivity index (χ0) is 22.1. The molecule has 3 N–H and O–H groups in total. The number of rotatable bonds is 5. The Bertz CT molecular complexity index is 626. The van der Waals surface area contributed by atoms with Gasteiger partial charge in [-0.2, -0.15) is 16.2 Å². The maximum Gasteiger partial charge on any atom is 0.156 e. The Hall–Kier alpha value is 0.730. The first kappa shape index (κ1) is 24.1. The highest BCUT2D eigenvalue weighted by atomic mass is 32.2. The number of nitrogens with zero attached hydrogens (tertiary/aromatic N) is 5. The molecule has 3 unspecified atom stereocenters. The van der Waals surface area contributed by atoms with E-state index in [1.165, 1.54) is 68.5 Å². The summed E-state index contributed by atoms with van der Waals surface area (Å²) >= 11 is 6.48. The summed E-state index contributed by atoms with van der Waals surface area (Å²) in [6.45, 7) is 13.7. The Morgan fingerprint density at radius 2 is 1.45 bits per heavy atom. The van der Waals surface area contributed by atoms with E-state index < -0.39 is 0 Å². The first-order chi connectivity index (χ1) is 16.4. The minimum Gasteiger partial charge on any atom is -0.314 e. The molecule has 0 aromatic rings. The minimum atomic E-state index is -0.0771. The van der Waals surface area contributed by atoms with Crippen molar-refractivity contribution in [3.63, 3.8) is 0 Å². The van der Waals surface area contributed by atoms with E-state index in [-0.39, 0.29) is 11.3 Å². The predicted molar refractivity (Wildman–Crippen MR) is 142 cm³/mol. The first-order valence-electron chi connectivity index (χ1n) is 13.1. The fraction of sp³-hybridized carbons (Fsp3) is 1.00. The summed E-state index contributed by atoms with van der Waals surface area (Å²) in [6.07, 6.45) is 4.10. The highest BCUT2D eigenvalue weighted by Crippen LogP contribution is 2.56. The number of hydrogen-bond donors (Lipinski definition) is 3. The van der Waals surface area contributed by atoms with Crippen LogP contribution >= 0.6 is 35.5 Å². The Kier molecular flexibility index (Phi) is 7.74. The van der Waals surface area contributed by atoms with Crippen molar-refractivity contribution in [1.82, 2.24) is 40.1 Å². The van der Waals surface area contributed by atoms with Crippen molar-refractivity contribution in [2.75, 3.05) is 102 Å². The van der Waals surface area contributed by atoms with Crippen LogP contribution in [0.2, 0.25) is 0 Å². The van der Waals surface area contributed by atoms with Crippen LogP contribution in [0.15, 0.2) is 0 Å². The average Bonchev–Trinajstić information content (AvgIpc) is 3.66. The lowest BCUT2D eigenvalue weighted by Gasteiger charge is -2.65. The van der Waals surface area contributed by atoms with Crippen molar-refractivity contribution in [1.29, 1.82) is 0 Å². The molecule has 6 saturated heterocycles. The van der Waals surface area contributed by atoms with Gasteiger partial charge in [-0.05, 0) is 12.8 Å². The Labute approximate surface area is 212 Å². The highest BCUT2D eigenvalue weighted by molar-refractivity contribution is 8.00. The fourth-order valence-corrected chi connectivity index (χ4v) is 11.1. The standard InChI is InChI=1S/C22H42N8S3/c1-2-8-26(9-3-1)21(27-13-16-31-17-14-27)18-33-30(29-12-6-24-19-29)22(21,20-25-7-15-32-20)28-10-4-23-5-11-28/h20,23-25H,1-19H2. The van der Waals surface area contributed by atoms with Crippen LogP contribution in [0.5, 0.6) is 0 Å². The topological polar surface area (TPSA) is 52.3 Å². The summed E-state index contributed by atoms with van der Waals surface area (Å²) in [4.78, 5) is 8.87. The van der Waals surface area contributed by atoms with Crippen molar-refractivity contribution in [2.24, 2.45) is 0 Å². The Morgan fingerprint density at radius 3 is 2.15 bits per heavy atom. The van der Waals surface area contributed by atoms with E-state index in [2.05, 4.69) is 75.5 Å². The van der Waals surface area contributed by atoms with E-state index in [1.807, 2.05) is 0 Å². The second-order valence-electron chi connectivity index (χ2n) is 10.1. The van der Waals surface area contributed by atoms with E-state index in [4.69, 9.17) is 0 Å².